The summed E-state index contributed by atoms with van der Waals surface area (Å²) in [5.74, 6) is 0. The van der Waals surface area contributed by atoms with E-state index in [0.29, 0.717) is 10.2 Å². The van der Waals surface area contributed by atoms with Crippen molar-refractivity contribution in [1.82, 2.24) is 19.6 Å². The molecule has 0 N–H and O–H groups in total. The van der Waals surface area contributed by atoms with Crippen LogP contribution in [-0.4, -0.2) is 19.6 Å². The molecule has 4 aromatic rings. The first kappa shape index (κ1) is 18.9. The highest BCUT2D eigenvalue weighted by molar-refractivity contribution is 5.76. The second-order valence-corrected chi connectivity index (χ2v) is 6.11. The molecular weight excluding hydrogens is 398 g/mol. The van der Waals surface area contributed by atoms with Gasteiger partial charge in [-0.15, -0.1) is 0 Å². The van der Waals surface area contributed by atoms with E-state index < -0.39 is 23.6 Å². The SMILES string of the molecule is FC(F)(F)c1ccc(-c2cc(C(F)(F)F)n3ncc(-c4ccccn4)c3n2)cc1. The van der Waals surface area contributed by atoms with Crippen LogP contribution in [0.1, 0.15) is 11.3 Å². The summed E-state index contributed by atoms with van der Waals surface area (Å²) in [4.78, 5) is 8.33. The van der Waals surface area contributed by atoms with Crippen LogP contribution < -0.4 is 0 Å². The van der Waals surface area contributed by atoms with Crippen molar-refractivity contribution in [2.75, 3.05) is 0 Å². The van der Waals surface area contributed by atoms with Crippen LogP contribution in [0.25, 0.3) is 28.2 Å². The molecule has 4 rings (SSSR count). The van der Waals surface area contributed by atoms with Gasteiger partial charge in [-0.25, -0.2) is 9.50 Å². The lowest BCUT2D eigenvalue weighted by Crippen LogP contribution is -2.13. The Kier molecular flexibility index (Phi) is 4.29. The van der Waals surface area contributed by atoms with Gasteiger partial charge in [0.1, 0.15) is 0 Å². The molecule has 0 saturated carbocycles. The van der Waals surface area contributed by atoms with E-state index in [9.17, 15) is 26.3 Å². The minimum absolute atomic E-state index is 0.103. The molecule has 0 spiro atoms. The average molecular weight is 408 g/mol. The summed E-state index contributed by atoms with van der Waals surface area (Å²) in [5, 5.41) is 3.79. The first-order valence-electron chi connectivity index (χ1n) is 8.19. The van der Waals surface area contributed by atoms with Gasteiger partial charge in [-0.1, -0.05) is 18.2 Å². The largest absolute Gasteiger partial charge is 0.433 e. The summed E-state index contributed by atoms with van der Waals surface area (Å²) < 4.78 is 79.7. The third-order valence-electron chi connectivity index (χ3n) is 4.21. The van der Waals surface area contributed by atoms with Crippen molar-refractivity contribution in [2.24, 2.45) is 0 Å². The summed E-state index contributed by atoms with van der Waals surface area (Å²) in [5.41, 5.74) is -1.49. The number of fused-ring (bicyclic) bond motifs is 1. The third-order valence-corrected chi connectivity index (χ3v) is 4.21. The first-order valence-corrected chi connectivity index (χ1v) is 8.19. The Morgan fingerprint density at radius 1 is 0.793 bits per heavy atom. The second-order valence-electron chi connectivity index (χ2n) is 6.11. The topological polar surface area (TPSA) is 43.1 Å². The van der Waals surface area contributed by atoms with E-state index in [0.717, 1.165) is 30.3 Å². The molecule has 0 bridgehead atoms. The highest BCUT2D eigenvalue weighted by Gasteiger charge is 2.36. The van der Waals surface area contributed by atoms with Gasteiger partial charge in [0.05, 0.1) is 28.7 Å². The van der Waals surface area contributed by atoms with Gasteiger partial charge >= 0.3 is 12.4 Å². The zero-order valence-electron chi connectivity index (χ0n) is 14.3. The zero-order valence-corrected chi connectivity index (χ0v) is 14.3. The van der Waals surface area contributed by atoms with E-state index in [1.807, 2.05) is 0 Å². The van der Waals surface area contributed by atoms with E-state index in [4.69, 9.17) is 0 Å². The Labute approximate surface area is 159 Å². The van der Waals surface area contributed by atoms with E-state index in [1.165, 1.54) is 12.4 Å². The van der Waals surface area contributed by atoms with Crippen LogP contribution in [0.15, 0.2) is 60.9 Å². The Morgan fingerprint density at radius 3 is 2.10 bits per heavy atom. The van der Waals surface area contributed by atoms with Crippen molar-refractivity contribution in [3.8, 4) is 22.5 Å². The Bertz CT molecular complexity index is 1160. The molecule has 0 atom stereocenters. The van der Waals surface area contributed by atoms with Gasteiger partial charge in [-0.05, 0) is 30.3 Å². The van der Waals surface area contributed by atoms with Crippen LogP contribution in [0, 0.1) is 0 Å². The summed E-state index contributed by atoms with van der Waals surface area (Å²) in [6, 6.07) is 9.42. The summed E-state index contributed by atoms with van der Waals surface area (Å²) in [6.07, 6.45) is -6.61. The predicted octanol–water partition coefficient (Wildman–Crippen LogP) is 5.50. The van der Waals surface area contributed by atoms with Crippen LogP contribution in [0.2, 0.25) is 0 Å². The summed E-state index contributed by atoms with van der Waals surface area (Å²) >= 11 is 0. The smallest absolute Gasteiger partial charge is 0.256 e. The molecule has 0 fully saturated rings. The predicted molar refractivity (Wildman–Crippen MR) is 91.7 cm³/mol. The number of benzene rings is 1. The fourth-order valence-corrected chi connectivity index (χ4v) is 2.85. The number of alkyl halides is 6. The molecule has 10 heteroatoms. The minimum Gasteiger partial charge on any atom is -0.256 e. The van der Waals surface area contributed by atoms with Gasteiger partial charge in [-0.3, -0.25) is 4.98 Å². The third kappa shape index (κ3) is 3.53. The Morgan fingerprint density at radius 2 is 1.52 bits per heavy atom. The van der Waals surface area contributed by atoms with Gasteiger partial charge < -0.3 is 0 Å². The maximum absolute atomic E-state index is 13.6. The molecule has 0 saturated heterocycles. The second kappa shape index (κ2) is 6.57. The van der Waals surface area contributed by atoms with Crippen LogP contribution in [-0.2, 0) is 12.4 Å². The molecule has 4 nitrogen and oxygen atoms in total. The molecule has 0 aliphatic carbocycles. The standard InChI is InChI=1S/C19H10F6N4/c20-18(21,22)12-6-4-11(5-7-12)15-9-16(19(23,24)25)29-17(28-15)13(10-27-29)14-3-1-2-8-26-14/h1-10H. The van der Waals surface area contributed by atoms with Crippen molar-refractivity contribution in [2.45, 2.75) is 12.4 Å². The average Bonchev–Trinajstić information content (AvgIpc) is 3.10. The van der Waals surface area contributed by atoms with Gasteiger partial charge in [0.2, 0.25) is 0 Å². The maximum Gasteiger partial charge on any atom is 0.433 e. The lowest BCUT2D eigenvalue weighted by molar-refractivity contribution is -0.142. The molecule has 0 radical (unpaired) electrons. The lowest BCUT2D eigenvalue weighted by atomic mass is 10.1. The van der Waals surface area contributed by atoms with Crippen molar-refractivity contribution in [1.29, 1.82) is 0 Å². The fraction of sp³-hybridized carbons (Fsp3) is 0.105. The Hall–Kier alpha value is -3.43. The normalized spacial score (nSPS) is 12.5. The molecule has 1 aromatic carbocycles. The number of nitrogens with zero attached hydrogens (tertiary/aromatic N) is 4. The molecular formula is C19H10F6N4. The van der Waals surface area contributed by atoms with Crippen molar-refractivity contribution in [3.05, 3.63) is 72.2 Å². The molecule has 29 heavy (non-hydrogen) atoms. The Balaban J connectivity index is 1.93. The van der Waals surface area contributed by atoms with E-state index >= 15 is 0 Å². The van der Waals surface area contributed by atoms with E-state index in [-0.39, 0.29) is 22.5 Å². The van der Waals surface area contributed by atoms with E-state index in [2.05, 4.69) is 15.1 Å². The number of aromatic nitrogens is 4. The minimum atomic E-state index is -4.75. The monoisotopic (exact) mass is 408 g/mol. The number of hydrogen-bond acceptors (Lipinski definition) is 3. The number of hydrogen-bond donors (Lipinski definition) is 0. The summed E-state index contributed by atoms with van der Waals surface area (Å²) in [7, 11) is 0. The van der Waals surface area contributed by atoms with Crippen LogP contribution in [0.3, 0.4) is 0 Å². The van der Waals surface area contributed by atoms with E-state index in [1.54, 1.807) is 18.2 Å². The molecule has 3 heterocycles. The number of halogens is 6. The molecule has 0 aliphatic heterocycles. The highest BCUT2D eigenvalue weighted by Crippen LogP contribution is 2.35. The maximum atomic E-state index is 13.6. The van der Waals surface area contributed by atoms with Gasteiger partial charge in [0, 0.05) is 11.8 Å². The lowest BCUT2D eigenvalue weighted by Gasteiger charge is -2.12. The van der Waals surface area contributed by atoms with Crippen LogP contribution >= 0.6 is 0 Å². The fourth-order valence-electron chi connectivity index (χ4n) is 2.85. The van der Waals surface area contributed by atoms with Gasteiger partial charge in [-0.2, -0.15) is 31.4 Å². The molecule has 0 unspecified atom stereocenters. The molecule has 148 valence electrons. The first-order chi connectivity index (χ1) is 13.6. The van der Waals surface area contributed by atoms with Crippen molar-refractivity contribution in [3.63, 3.8) is 0 Å². The summed E-state index contributed by atoms with van der Waals surface area (Å²) in [6.45, 7) is 0. The quantitative estimate of drug-likeness (QED) is 0.412. The van der Waals surface area contributed by atoms with Crippen molar-refractivity contribution < 1.29 is 26.3 Å². The highest BCUT2D eigenvalue weighted by atomic mass is 19.4. The van der Waals surface area contributed by atoms with Gasteiger partial charge in [0.25, 0.3) is 0 Å². The molecule has 0 amide bonds. The number of rotatable bonds is 2. The molecule has 0 aliphatic rings. The van der Waals surface area contributed by atoms with Crippen molar-refractivity contribution >= 4 is 5.65 Å². The zero-order chi connectivity index (χ0) is 20.8. The molecule has 3 aromatic heterocycles. The number of pyridine rings is 1. The van der Waals surface area contributed by atoms with Crippen LogP contribution in [0.4, 0.5) is 26.3 Å². The van der Waals surface area contributed by atoms with Gasteiger partial charge in [0.15, 0.2) is 11.3 Å². The van der Waals surface area contributed by atoms with Crippen LogP contribution in [0.5, 0.6) is 0 Å².